The molecule has 88 valence electrons. The minimum absolute atomic E-state index is 0.0322. The summed E-state index contributed by atoms with van der Waals surface area (Å²) in [4.78, 5) is 3.59. The molecule has 0 fully saturated rings. The molecule has 0 aliphatic carbocycles. The molecule has 5 N–H and O–H groups in total. The highest BCUT2D eigenvalue weighted by atomic mass is 35.5. The van der Waals surface area contributed by atoms with Crippen molar-refractivity contribution >= 4 is 23.2 Å². The summed E-state index contributed by atoms with van der Waals surface area (Å²) in [6, 6.07) is 2.85. The molecule has 0 unspecified atom stereocenters. The Hall–Kier alpha value is -1.47. The first-order valence-electron chi connectivity index (χ1n) is 4.01. The summed E-state index contributed by atoms with van der Waals surface area (Å²) in [6.45, 7) is 0. The first-order chi connectivity index (χ1) is 7.32. The number of halogens is 4. The van der Waals surface area contributed by atoms with E-state index in [9.17, 15) is 13.2 Å². The van der Waals surface area contributed by atoms with Gasteiger partial charge in [0.05, 0.1) is 11.3 Å². The Morgan fingerprint density at radius 1 is 1.31 bits per heavy atom. The molecular formula is C8H8ClF3N4. The van der Waals surface area contributed by atoms with E-state index < -0.39 is 11.7 Å². The van der Waals surface area contributed by atoms with Crippen LogP contribution in [-0.4, -0.2) is 5.96 Å². The van der Waals surface area contributed by atoms with E-state index in [0.717, 1.165) is 12.1 Å². The van der Waals surface area contributed by atoms with Crippen LogP contribution in [0.5, 0.6) is 0 Å². The molecule has 0 heterocycles. The SMILES string of the molecule is NNC(N)=Nc1cc(Cl)cc(C(F)(F)F)c1. The lowest BCUT2D eigenvalue weighted by molar-refractivity contribution is -0.137. The van der Waals surface area contributed by atoms with Crippen molar-refractivity contribution in [2.24, 2.45) is 16.6 Å². The van der Waals surface area contributed by atoms with Crippen LogP contribution in [0.4, 0.5) is 18.9 Å². The highest BCUT2D eigenvalue weighted by molar-refractivity contribution is 6.30. The van der Waals surface area contributed by atoms with Gasteiger partial charge in [0.15, 0.2) is 0 Å². The average molecular weight is 253 g/mol. The number of hydrogen-bond acceptors (Lipinski definition) is 2. The summed E-state index contributed by atoms with van der Waals surface area (Å²) in [5.41, 5.74) is 6.27. The lowest BCUT2D eigenvalue weighted by Gasteiger charge is -2.08. The second-order valence-electron chi connectivity index (χ2n) is 2.84. The molecule has 1 aromatic rings. The van der Waals surface area contributed by atoms with Crippen LogP contribution < -0.4 is 17.0 Å². The van der Waals surface area contributed by atoms with Crippen molar-refractivity contribution < 1.29 is 13.2 Å². The maximum absolute atomic E-state index is 12.4. The molecule has 0 aliphatic rings. The van der Waals surface area contributed by atoms with E-state index in [4.69, 9.17) is 23.2 Å². The Labute approximate surface area is 94.1 Å². The molecule has 0 atom stereocenters. The Kier molecular flexibility index (Phi) is 3.61. The highest BCUT2D eigenvalue weighted by Crippen LogP contribution is 2.33. The quantitative estimate of drug-likeness (QED) is 0.309. The molecule has 4 nitrogen and oxygen atoms in total. The summed E-state index contributed by atoms with van der Waals surface area (Å²) in [5, 5.41) is -0.0848. The van der Waals surface area contributed by atoms with Crippen molar-refractivity contribution in [3.05, 3.63) is 28.8 Å². The van der Waals surface area contributed by atoms with Crippen molar-refractivity contribution in [2.45, 2.75) is 6.18 Å². The van der Waals surface area contributed by atoms with E-state index >= 15 is 0 Å². The monoisotopic (exact) mass is 252 g/mol. The van der Waals surface area contributed by atoms with E-state index in [1.807, 2.05) is 5.43 Å². The van der Waals surface area contributed by atoms with E-state index in [0.29, 0.717) is 0 Å². The molecule has 16 heavy (non-hydrogen) atoms. The third-order valence-electron chi connectivity index (χ3n) is 1.61. The molecule has 8 heteroatoms. The van der Waals surface area contributed by atoms with Gasteiger partial charge in [-0.3, -0.25) is 5.43 Å². The Morgan fingerprint density at radius 3 is 2.44 bits per heavy atom. The second-order valence-corrected chi connectivity index (χ2v) is 3.27. The number of hydrogen-bond donors (Lipinski definition) is 3. The van der Waals surface area contributed by atoms with E-state index in [1.165, 1.54) is 6.07 Å². The number of alkyl halides is 3. The summed E-state index contributed by atoms with van der Waals surface area (Å²) < 4.78 is 37.2. The third kappa shape index (κ3) is 3.28. The molecular weight excluding hydrogens is 245 g/mol. The number of nitrogens with zero attached hydrogens (tertiary/aromatic N) is 1. The average Bonchev–Trinajstić information content (AvgIpc) is 2.15. The fraction of sp³-hybridized carbons (Fsp3) is 0.125. The van der Waals surface area contributed by atoms with Crippen molar-refractivity contribution in [1.82, 2.24) is 5.43 Å². The predicted octanol–water partition coefficient (Wildman–Crippen LogP) is 1.77. The summed E-state index contributed by atoms with van der Waals surface area (Å²) in [7, 11) is 0. The van der Waals surface area contributed by atoms with E-state index in [1.54, 1.807) is 0 Å². The molecule has 0 saturated carbocycles. The Balaban J connectivity index is 3.19. The van der Waals surface area contributed by atoms with Crippen molar-refractivity contribution in [1.29, 1.82) is 0 Å². The van der Waals surface area contributed by atoms with Gasteiger partial charge < -0.3 is 5.73 Å². The van der Waals surface area contributed by atoms with E-state index in [-0.39, 0.29) is 16.7 Å². The maximum Gasteiger partial charge on any atom is 0.416 e. The van der Waals surface area contributed by atoms with Crippen LogP contribution in [0.3, 0.4) is 0 Å². The number of nitrogens with one attached hydrogen (secondary N) is 1. The normalized spacial score (nSPS) is 12.7. The zero-order valence-corrected chi connectivity index (χ0v) is 8.60. The van der Waals surface area contributed by atoms with Gasteiger partial charge in [0.2, 0.25) is 5.96 Å². The fourth-order valence-corrected chi connectivity index (χ4v) is 1.20. The van der Waals surface area contributed by atoms with E-state index in [2.05, 4.69) is 4.99 Å². The zero-order chi connectivity index (χ0) is 12.3. The van der Waals surface area contributed by atoms with Crippen molar-refractivity contribution in [2.75, 3.05) is 0 Å². The molecule has 0 aromatic heterocycles. The van der Waals surface area contributed by atoms with Gasteiger partial charge in [-0.2, -0.15) is 13.2 Å². The molecule has 1 aromatic carbocycles. The fourth-order valence-electron chi connectivity index (χ4n) is 0.974. The summed E-state index contributed by atoms with van der Waals surface area (Å²) in [6.07, 6.45) is -4.49. The van der Waals surface area contributed by atoms with Gasteiger partial charge in [-0.05, 0) is 18.2 Å². The van der Waals surface area contributed by atoms with Gasteiger partial charge in [0.1, 0.15) is 0 Å². The highest BCUT2D eigenvalue weighted by Gasteiger charge is 2.31. The number of guanidine groups is 1. The van der Waals surface area contributed by atoms with Gasteiger partial charge in [0, 0.05) is 5.02 Å². The molecule has 0 saturated heterocycles. The standard InChI is InChI=1S/C8H8ClF3N4/c9-5-1-4(8(10,11)12)2-6(3-5)15-7(13)16-14/h1-3H,14H2,(H3,13,15,16). The summed E-state index contributed by atoms with van der Waals surface area (Å²) in [5.74, 6) is 4.71. The first-order valence-corrected chi connectivity index (χ1v) is 4.39. The maximum atomic E-state index is 12.4. The van der Waals surface area contributed by atoms with Crippen LogP contribution in [0.25, 0.3) is 0 Å². The second kappa shape index (κ2) is 4.58. The van der Waals surface area contributed by atoms with Gasteiger partial charge in [-0.15, -0.1) is 0 Å². The zero-order valence-electron chi connectivity index (χ0n) is 7.85. The molecule has 0 spiro atoms. The third-order valence-corrected chi connectivity index (χ3v) is 1.83. The van der Waals surface area contributed by atoms with Crippen LogP contribution in [0.2, 0.25) is 5.02 Å². The number of nitrogens with two attached hydrogens (primary N) is 2. The minimum atomic E-state index is -4.49. The largest absolute Gasteiger partial charge is 0.416 e. The molecule has 0 radical (unpaired) electrons. The molecule has 0 bridgehead atoms. The Bertz CT molecular complexity index is 416. The van der Waals surface area contributed by atoms with Crippen molar-refractivity contribution in [3.63, 3.8) is 0 Å². The summed E-state index contributed by atoms with van der Waals surface area (Å²) >= 11 is 5.52. The van der Waals surface area contributed by atoms with Crippen LogP contribution in [0.1, 0.15) is 5.56 Å². The van der Waals surface area contributed by atoms with Crippen LogP contribution in [-0.2, 0) is 6.18 Å². The minimum Gasteiger partial charge on any atom is -0.369 e. The van der Waals surface area contributed by atoms with Crippen LogP contribution >= 0.6 is 11.6 Å². The molecule has 1 rings (SSSR count). The lowest BCUT2D eigenvalue weighted by atomic mass is 10.2. The number of aliphatic imine (C=N–C) groups is 1. The smallest absolute Gasteiger partial charge is 0.369 e. The van der Waals surface area contributed by atoms with Gasteiger partial charge in [-0.25, -0.2) is 10.8 Å². The first kappa shape index (κ1) is 12.6. The lowest BCUT2D eigenvalue weighted by Crippen LogP contribution is -2.36. The molecule has 0 aliphatic heterocycles. The van der Waals surface area contributed by atoms with Gasteiger partial charge >= 0.3 is 6.18 Å². The number of rotatable bonds is 1. The van der Waals surface area contributed by atoms with Crippen molar-refractivity contribution in [3.8, 4) is 0 Å². The number of hydrazine groups is 1. The topological polar surface area (TPSA) is 76.4 Å². The van der Waals surface area contributed by atoms with Crippen LogP contribution in [0.15, 0.2) is 23.2 Å². The number of benzene rings is 1. The van der Waals surface area contributed by atoms with Gasteiger partial charge in [-0.1, -0.05) is 11.6 Å². The van der Waals surface area contributed by atoms with Gasteiger partial charge in [0.25, 0.3) is 0 Å². The Morgan fingerprint density at radius 2 is 1.94 bits per heavy atom. The van der Waals surface area contributed by atoms with Crippen LogP contribution in [0, 0.1) is 0 Å². The molecule has 0 amide bonds. The predicted molar refractivity (Wildman–Crippen MR) is 55.1 cm³/mol.